The largest absolute Gasteiger partial charge is 0.345 e. The molecule has 2 aromatic rings. The van der Waals surface area contributed by atoms with Gasteiger partial charge in [-0.3, -0.25) is 4.79 Å². The number of hydrogen-bond acceptors (Lipinski definition) is 4. The molecule has 1 fully saturated rings. The zero-order chi connectivity index (χ0) is 17.1. The maximum atomic E-state index is 12.5. The summed E-state index contributed by atoms with van der Waals surface area (Å²) in [6.45, 7) is 8.00. The van der Waals surface area contributed by atoms with E-state index < -0.39 is 0 Å². The fourth-order valence-corrected chi connectivity index (χ4v) is 3.11. The molecule has 3 rings (SSSR count). The van der Waals surface area contributed by atoms with Gasteiger partial charge in [-0.25, -0.2) is 9.67 Å². The Hall–Kier alpha value is -1.92. The standard InChI is InChI=1S/C18H25N5O.ClH/c1-12(2)15-8-4-5-9-16(15)23-13(3)20-17(22-23)18(24)21-14-7-6-10-19-11-14;/h4-5,8-9,12,14,19H,6-7,10-11H2,1-3H3,(H,21,24);1H/t14-;/m0./s1. The maximum absolute atomic E-state index is 12.5. The maximum Gasteiger partial charge on any atom is 0.291 e. The predicted molar refractivity (Wildman–Crippen MR) is 101 cm³/mol. The Morgan fingerprint density at radius 3 is 2.80 bits per heavy atom. The van der Waals surface area contributed by atoms with Gasteiger partial charge in [0.25, 0.3) is 5.91 Å². The molecular weight excluding hydrogens is 338 g/mol. The van der Waals surface area contributed by atoms with Crippen molar-refractivity contribution < 1.29 is 4.79 Å². The molecule has 0 saturated carbocycles. The molecule has 1 aromatic heterocycles. The molecule has 136 valence electrons. The van der Waals surface area contributed by atoms with Crippen LogP contribution in [0.5, 0.6) is 0 Å². The smallest absolute Gasteiger partial charge is 0.291 e. The van der Waals surface area contributed by atoms with Crippen molar-refractivity contribution in [2.24, 2.45) is 0 Å². The number of aryl methyl sites for hydroxylation is 1. The predicted octanol–water partition coefficient (Wildman–Crippen LogP) is 2.60. The van der Waals surface area contributed by atoms with E-state index in [0.29, 0.717) is 5.92 Å². The number of halogens is 1. The number of piperidine rings is 1. The first-order valence-electron chi connectivity index (χ1n) is 8.61. The molecule has 1 aliphatic heterocycles. The number of nitrogens with one attached hydrogen (secondary N) is 2. The van der Waals surface area contributed by atoms with Crippen molar-refractivity contribution in [2.75, 3.05) is 13.1 Å². The van der Waals surface area contributed by atoms with Gasteiger partial charge in [0.1, 0.15) is 5.82 Å². The number of amides is 1. The van der Waals surface area contributed by atoms with Crippen LogP contribution >= 0.6 is 12.4 Å². The summed E-state index contributed by atoms with van der Waals surface area (Å²) in [5, 5.41) is 10.8. The van der Waals surface area contributed by atoms with E-state index in [1.54, 1.807) is 4.68 Å². The lowest BCUT2D eigenvalue weighted by Crippen LogP contribution is -2.45. The van der Waals surface area contributed by atoms with Crippen molar-refractivity contribution in [2.45, 2.75) is 45.6 Å². The molecule has 0 radical (unpaired) electrons. The van der Waals surface area contributed by atoms with E-state index in [9.17, 15) is 4.79 Å². The van der Waals surface area contributed by atoms with Gasteiger partial charge in [0, 0.05) is 12.6 Å². The van der Waals surface area contributed by atoms with E-state index in [1.807, 2.05) is 25.1 Å². The van der Waals surface area contributed by atoms with Gasteiger partial charge in [-0.15, -0.1) is 17.5 Å². The molecule has 1 aliphatic rings. The summed E-state index contributed by atoms with van der Waals surface area (Å²) in [6.07, 6.45) is 2.07. The first-order valence-corrected chi connectivity index (χ1v) is 8.61. The van der Waals surface area contributed by atoms with Crippen LogP contribution in [0.25, 0.3) is 5.69 Å². The van der Waals surface area contributed by atoms with Gasteiger partial charge in [-0.1, -0.05) is 32.0 Å². The summed E-state index contributed by atoms with van der Waals surface area (Å²) >= 11 is 0. The number of hydrogen-bond donors (Lipinski definition) is 2. The zero-order valence-corrected chi connectivity index (χ0v) is 15.8. The van der Waals surface area contributed by atoms with Crippen LogP contribution in [0.3, 0.4) is 0 Å². The number of rotatable bonds is 4. The highest BCUT2D eigenvalue weighted by Crippen LogP contribution is 2.23. The Labute approximate surface area is 154 Å². The van der Waals surface area contributed by atoms with E-state index in [4.69, 9.17) is 0 Å². The van der Waals surface area contributed by atoms with Crippen LogP contribution in [0.1, 0.15) is 54.6 Å². The summed E-state index contributed by atoms with van der Waals surface area (Å²) in [7, 11) is 0. The lowest BCUT2D eigenvalue weighted by molar-refractivity contribution is 0.0920. The molecular formula is C18H26ClN5O. The third-order valence-electron chi connectivity index (χ3n) is 4.39. The zero-order valence-electron chi connectivity index (χ0n) is 15.0. The summed E-state index contributed by atoms with van der Waals surface area (Å²) in [6, 6.07) is 8.27. The van der Waals surface area contributed by atoms with Crippen LogP contribution in [-0.2, 0) is 0 Å². The first-order chi connectivity index (χ1) is 11.6. The van der Waals surface area contributed by atoms with Crippen molar-refractivity contribution >= 4 is 18.3 Å². The number of aromatic nitrogens is 3. The number of benzene rings is 1. The summed E-state index contributed by atoms with van der Waals surface area (Å²) in [5.74, 6) is 1.12. The molecule has 25 heavy (non-hydrogen) atoms. The third-order valence-corrected chi connectivity index (χ3v) is 4.39. The van der Waals surface area contributed by atoms with Crippen LogP contribution in [0.4, 0.5) is 0 Å². The number of nitrogens with zero attached hydrogens (tertiary/aromatic N) is 3. The normalized spacial score (nSPS) is 17.2. The van der Waals surface area contributed by atoms with Gasteiger partial charge in [0.15, 0.2) is 0 Å². The van der Waals surface area contributed by atoms with Gasteiger partial charge in [0.05, 0.1) is 5.69 Å². The van der Waals surface area contributed by atoms with Gasteiger partial charge < -0.3 is 10.6 Å². The highest BCUT2D eigenvalue weighted by molar-refractivity contribution is 5.90. The molecule has 7 heteroatoms. The second-order valence-electron chi connectivity index (χ2n) is 6.62. The van der Waals surface area contributed by atoms with Crippen molar-refractivity contribution in [1.29, 1.82) is 0 Å². The average molecular weight is 364 g/mol. The lowest BCUT2D eigenvalue weighted by atomic mass is 10.0. The molecule has 1 aromatic carbocycles. The lowest BCUT2D eigenvalue weighted by Gasteiger charge is -2.23. The van der Waals surface area contributed by atoms with Crippen LogP contribution in [-0.4, -0.2) is 39.8 Å². The number of carbonyl (C=O) groups is 1. The topological polar surface area (TPSA) is 71.8 Å². The molecule has 2 heterocycles. The second kappa shape index (κ2) is 8.45. The van der Waals surface area contributed by atoms with Gasteiger partial charge in [-0.05, 0) is 43.9 Å². The molecule has 0 bridgehead atoms. The van der Waals surface area contributed by atoms with E-state index in [0.717, 1.165) is 37.4 Å². The minimum Gasteiger partial charge on any atom is -0.345 e. The van der Waals surface area contributed by atoms with Gasteiger partial charge in [0.2, 0.25) is 5.82 Å². The molecule has 1 amide bonds. The second-order valence-corrected chi connectivity index (χ2v) is 6.62. The highest BCUT2D eigenvalue weighted by atomic mass is 35.5. The summed E-state index contributed by atoms with van der Waals surface area (Å²) < 4.78 is 1.77. The monoisotopic (exact) mass is 363 g/mol. The number of carbonyl (C=O) groups excluding carboxylic acids is 1. The summed E-state index contributed by atoms with van der Waals surface area (Å²) in [5.41, 5.74) is 2.17. The van der Waals surface area contributed by atoms with Crippen molar-refractivity contribution in [1.82, 2.24) is 25.4 Å². The Bertz CT molecular complexity index is 722. The average Bonchev–Trinajstić information content (AvgIpc) is 2.97. The van der Waals surface area contributed by atoms with E-state index in [2.05, 4.69) is 40.6 Å². The van der Waals surface area contributed by atoms with Crippen molar-refractivity contribution in [3.05, 3.63) is 41.5 Å². The van der Waals surface area contributed by atoms with E-state index in [-0.39, 0.29) is 30.2 Å². The van der Waals surface area contributed by atoms with Crippen molar-refractivity contribution in [3.8, 4) is 5.69 Å². The molecule has 1 saturated heterocycles. The fourth-order valence-electron chi connectivity index (χ4n) is 3.11. The Morgan fingerprint density at radius 2 is 2.12 bits per heavy atom. The Kier molecular flexibility index (Phi) is 6.56. The molecule has 6 nitrogen and oxygen atoms in total. The third kappa shape index (κ3) is 4.38. The molecule has 0 aliphatic carbocycles. The first kappa shape index (κ1) is 19.4. The Morgan fingerprint density at radius 1 is 1.36 bits per heavy atom. The quantitative estimate of drug-likeness (QED) is 0.875. The van der Waals surface area contributed by atoms with Crippen LogP contribution < -0.4 is 10.6 Å². The highest BCUT2D eigenvalue weighted by Gasteiger charge is 2.21. The van der Waals surface area contributed by atoms with Crippen LogP contribution in [0.2, 0.25) is 0 Å². The van der Waals surface area contributed by atoms with E-state index >= 15 is 0 Å². The number of para-hydroxylation sites is 1. The van der Waals surface area contributed by atoms with E-state index in [1.165, 1.54) is 5.56 Å². The van der Waals surface area contributed by atoms with Crippen LogP contribution in [0, 0.1) is 6.92 Å². The van der Waals surface area contributed by atoms with Crippen molar-refractivity contribution in [3.63, 3.8) is 0 Å². The fraction of sp³-hybridized carbons (Fsp3) is 0.500. The van der Waals surface area contributed by atoms with Crippen LogP contribution in [0.15, 0.2) is 24.3 Å². The molecule has 1 atom stereocenters. The molecule has 2 N–H and O–H groups in total. The van der Waals surface area contributed by atoms with Gasteiger partial charge >= 0.3 is 0 Å². The molecule has 0 unspecified atom stereocenters. The SMILES string of the molecule is Cc1nc(C(=O)N[C@H]2CCCNC2)nn1-c1ccccc1C(C)C.Cl. The minimum absolute atomic E-state index is 0. The summed E-state index contributed by atoms with van der Waals surface area (Å²) in [4.78, 5) is 16.8. The van der Waals surface area contributed by atoms with Gasteiger partial charge in [-0.2, -0.15) is 0 Å². The Balaban J connectivity index is 0.00000225. The minimum atomic E-state index is -0.201. The molecule has 0 spiro atoms.